The summed E-state index contributed by atoms with van der Waals surface area (Å²) in [5.41, 5.74) is 2.33. The number of nitrogens with zero attached hydrogens (tertiary/aromatic N) is 2. The molecule has 0 spiro atoms. The highest BCUT2D eigenvalue weighted by atomic mass is 16.5. The van der Waals surface area contributed by atoms with Gasteiger partial charge in [0.2, 0.25) is 0 Å². The predicted octanol–water partition coefficient (Wildman–Crippen LogP) is 1.48. The maximum Gasteiger partial charge on any atom is 0.325 e. The van der Waals surface area contributed by atoms with Gasteiger partial charge in [0.05, 0.1) is 6.61 Å². The summed E-state index contributed by atoms with van der Waals surface area (Å²) in [5.74, 6) is -0.322. The highest BCUT2D eigenvalue weighted by Crippen LogP contribution is 2.13. The summed E-state index contributed by atoms with van der Waals surface area (Å²) in [6.45, 7) is 2.20. The van der Waals surface area contributed by atoms with Crippen LogP contribution >= 0.6 is 0 Å². The molecule has 6 heteroatoms. The lowest BCUT2D eigenvalue weighted by atomic mass is 10.1. The summed E-state index contributed by atoms with van der Waals surface area (Å²) in [7, 11) is 0. The number of esters is 1. The van der Waals surface area contributed by atoms with Crippen LogP contribution in [-0.2, 0) is 9.53 Å². The maximum absolute atomic E-state index is 11.2. The number of ether oxygens (including phenoxy) is 1. The van der Waals surface area contributed by atoms with E-state index in [0.29, 0.717) is 12.2 Å². The number of carbonyl (C=O) groups is 1. The smallest absolute Gasteiger partial charge is 0.325 e. The van der Waals surface area contributed by atoms with E-state index < -0.39 is 0 Å². The van der Waals surface area contributed by atoms with Gasteiger partial charge in [0.1, 0.15) is 12.2 Å². The van der Waals surface area contributed by atoms with Crippen molar-refractivity contribution in [2.24, 2.45) is 0 Å². The van der Waals surface area contributed by atoms with Crippen LogP contribution in [-0.4, -0.2) is 34.7 Å². The molecule has 0 atom stereocenters. The first-order chi connectivity index (χ1) is 9.74. The van der Waals surface area contributed by atoms with Crippen molar-refractivity contribution in [1.82, 2.24) is 14.7 Å². The third-order valence-corrected chi connectivity index (χ3v) is 2.70. The van der Waals surface area contributed by atoms with Crippen molar-refractivity contribution in [1.29, 1.82) is 5.41 Å². The molecule has 0 fully saturated rings. The van der Waals surface area contributed by atoms with E-state index in [9.17, 15) is 4.79 Å². The molecule has 2 rings (SSSR count). The highest BCUT2D eigenvalue weighted by Gasteiger charge is 2.03. The van der Waals surface area contributed by atoms with Crippen molar-refractivity contribution in [3.8, 4) is 0 Å². The average molecular weight is 272 g/mol. The fraction of sp³-hybridized carbons (Fsp3) is 0.214. The molecule has 2 aromatic rings. The second-order valence-corrected chi connectivity index (χ2v) is 4.04. The molecule has 0 amide bonds. The molecule has 0 saturated heterocycles. The number of hydrogen-bond donors (Lipinski definition) is 2. The molecular weight excluding hydrogens is 256 g/mol. The molecule has 0 aromatic carbocycles. The molecule has 0 unspecified atom stereocenters. The minimum atomic E-state index is -0.322. The van der Waals surface area contributed by atoms with Crippen molar-refractivity contribution < 1.29 is 9.53 Å². The minimum Gasteiger partial charge on any atom is -0.465 e. The van der Waals surface area contributed by atoms with Gasteiger partial charge in [0, 0.05) is 36.6 Å². The Bertz CT molecular complexity index is 645. The number of carbonyl (C=O) groups excluding carboxylic acids is 1. The third kappa shape index (κ3) is 3.23. The Balaban J connectivity index is 2.10. The van der Waals surface area contributed by atoms with E-state index in [1.807, 2.05) is 28.9 Å². The zero-order valence-corrected chi connectivity index (χ0v) is 11.2. The molecule has 0 aliphatic carbocycles. The summed E-state index contributed by atoms with van der Waals surface area (Å²) in [6, 6.07) is 3.76. The van der Waals surface area contributed by atoms with E-state index in [-0.39, 0.29) is 12.5 Å². The van der Waals surface area contributed by atoms with Gasteiger partial charge in [0.25, 0.3) is 0 Å². The fourth-order valence-electron chi connectivity index (χ4n) is 1.75. The van der Waals surface area contributed by atoms with Gasteiger partial charge in [-0.05, 0) is 24.6 Å². The monoisotopic (exact) mass is 272 g/mol. The maximum atomic E-state index is 11.2. The minimum absolute atomic E-state index is 0.0802. The van der Waals surface area contributed by atoms with Crippen molar-refractivity contribution in [2.45, 2.75) is 6.92 Å². The predicted molar refractivity (Wildman–Crippen MR) is 76.6 cm³/mol. The number of aromatic nitrogens is 2. The molecule has 0 bridgehead atoms. The lowest BCUT2D eigenvalue weighted by Gasteiger charge is -2.05. The summed E-state index contributed by atoms with van der Waals surface area (Å²) < 4.78 is 6.70. The van der Waals surface area contributed by atoms with E-state index in [1.54, 1.807) is 19.3 Å². The SMILES string of the molecule is CCOC(=O)CN/C=C(\C=N)c1ccn2ccnc2c1. The van der Waals surface area contributed by atoms with E-state index in [4.69, 9.17) is 10.1 Å². The van der Waals surface area contributed by atoms with Crippen molar-refractivity contribution >= 4 is 23.4 Å². The number of rotatable bonds is 6. The van der Waals surface area contributed by atoms with E-state index in [2.05, 4.69) is 10.3 Å². The van der Waals surface area contributed by atoms with Crippen molar-refractivity contribution in [3.05, 3.63) is 42.5 Å². The Kier molecular flexibility index (Phi) is 4.49. The molecule has 6 nitrogen and oxygen atoms in total. The van der Waals surface area contributed by atoms with Gasteiger partial charge >= 0.3 is 5.97 Å². The summed E-state index contributed by atoms with van der Waals surface area (Å²) in [4.78, 5) is 15.4. The number of nitrogens with one attached hydrogen (secondary N) is 2. The molecule has 2 N–H and O–H groups in total. The van der Waals surface area contributed by atoms with Crippen LogP contribution in [0.25, 0.3) is 11.2 Å². The molecule has 20 heavy (non-hydrogen) atoms. The number of hydrogen-bond acceptors (Lipinski definition) is 5. The second kappa shape index (κ2) is 6.51. The van der Waals surface area contributed by atoms with E-state index in [1.165, 1.54) is 6.21 Å². The lowest BCUT2D eigenvalue weighted by molar-refractivity contribution is -0.141. The number of fused-ring (bicyclic) bond motifs is 1. The third-order valence-electron chi connectivity index (χ3n) is 2.70. The summed E-state index contributed by atoms with van der Waals surface area (Å²) >= 11 is 0. The Labute approximate surface area is 116 Å². The first-order valence-electron chi connectivity index (χ1n) is 6.27. The largest absolute Gasteiger partial charge is 0.465 e. The van der Waals surface area contributed by atoms with Gasteiger partial charge in [0.15, 0.2) is 0 Å². The quantitative estimate of drug-likeness (QED) is 0.616. The zero-order valence-electron chi connectivity index (χ0n) is 11.2. The molecule has 0 saturated carbocycles. The molecular formula is C14H16N4O2. The Morgan fingerprint density at radius 2 is 2.40 bits per heavy atom. The van der Waals surface area contributed by atoms with Gasteiger partial charge in [-0.15, -0.1) is 0 Å². The second-order valence-electron chi connectivity index (χ2n) is 4.04. The average Bonchev–Trinajstić information content (AvgIpc) is 2.91. The van der Waals surface area contributed by atoms with Crippen LogP contribution in [0.1, 0.15) is 12.5 Å². The first kappa shape index (κ1) is 13.8. The molecule has 104 valence electrons. The van der Waals surface area contributed by atoms with E-state index >= 15 is 0 Å². The van der Waals surface area contributed by atoms with Gasteiger partial charge in [-0.2, -0.15) is 0 Å². The number of pyridine rings is 1. The lowest BCUT2D eigenvalue weighted by Crippen LogP contribution is -2.20. The van der Waals surface area contributed by atoms with Gasteiger partial charge < -0.3 is 19.9 Å². The summed E-state index contributed by atoms with van der Waals surface area (Å²) in [6.07, 6.45) is 8.30. The van der Waals surface area contributed by atoms with E-state index in [0.717, 1.165) is 11.2 Å². The highest BCUT2D eigenvalue weighted by molar-refractivity contribution is 6.08. The Morgan fingerprint density at radius 1 is 1.55 bits per heavy atom. The van der Waals surface area contributed by atoms with Crippen LogP contribution in [0.3, 0.4) is 0 Å². The first-order valence-corrected chi connectivity index (χ1v) is 6.27. The standard InChI is InChI=1S/C14H16N4O2/c1-2-20-14(19)10-16-9-12(8-15)11-3-5-18-6-4-17-13(18)7-11/h3-9,15-16H,2,10H2,1H3/b12-9+,15-8?. The summed E-state index contributed by atoms with van der Waals surface area (Å²) in [5, 5.41) is 10.3. The molecule has 0 aliphatic heterocycles. The van der Waals surface area contributed by atoms with Gasteiger partial charge in [-0.25, -0.2) is 4.98 Å². The zero-order chi connectivity index (χ0) is 14.4. The van der Waals surface area contributed by atoms with Gasteiger partial charge in [-0.1, -0.05) is 0 Å². The van der Waals surface area contributed by atoms with Crippen molar-refractivity contribution in [2.75, 3.05) is 13.2 Å². The van der Waals surface area contributed by atoms with Gasteiger partial charge in [-0.3, -0.25) is 4.79 Å². The Hall–Kier alpha value is -2.63. The van der Waals surface area contributed by atoms with Crippen molar-refractivity contribution in [3.63, 3.8) is 0 Å². The normalized spacial score (nSPS) is 11.3. The van der Waals surface area contributed by atoms with Crippen LogP contribution in [0.15, 0.2) is 36.9 Å². The topological polar surface area (TPSA) is 79.5 Å². The molecule has 2 heterocycles. The van der Waals surface area contributed by atoms with Crippen LogP contribution in [0.2, 0.25) is 0 Å². The van der Waals surface area contributed by atoms with Crippen LogP contribution in [0, 0.1) is 5.41 Å². The molecule has 0 aliphatic rings. The fourth-order valence-corrected chi connectivity index (χ4v) is 1.75. The number of imidazole rings is 1. The van der Waals surface area contributed by atoms with Crippen LogP contribution in [0.4, 0.5) is 0 Å². The number of allylic oxidation sites excluding steroid dienone is 1. The van der Waals surface area contributed by atoms with Crippen LogP contribution in [0.5, 0.6) is 0 Å². The molecule has 2 aromatic heterocycles. The molecule has 0 radical (unpaired) electrons. The van der Waals surface area contributed by atoms with Crippen LogP contribution < -0.4 is 5.32 Å². The Morgan fingerprint density at radius 3 is 3.15 bits per heavy atom.